The summed E-state index contributed by atoms with van der Waals surface area (Å²) < 4.78 is 5.15. The molecule has 1 aromatic rings. The van der Waals surface area contributed by atoms with Crippen molar-refractivity contribution in [3.05, 3.63) is 48.6 Å². The molecule has 28 heavy (non-hydrogen) atoms. The first kappa shape index (κ1) is 23.2. The molecule has 0 heterocycles. The summed E-state index contributed by atoms with van der Waals surface area (Å²) in [6.07, 6.45) is 0.853. The van der Waals surface area contributed by atoms with Gasteiger partial charge in [0.05, 0.1) is 0 Å². The number of amides is 3. The van der Waals surface area contributed by atoms with Gasteiger partial charge in [0.1, 0.15) is 18.2 Å². The van der Waals surface area contributed by atoms with Crippen LogP contribution in [0.5, 0.6) is 0 Å². The van der Waals surface area contributed by atoms with Gasteiger partial charge in [-0.15, -0.1) is 6.58 Å². The first-order valence-electron chi connectivity index (χ1n) is 9.27. The Morgan fingerprint density at radius 2 is 1.79 bits per heavy atom. The Kier molecular flexibility index (Phi) is 8.70. The SMILES string of the molecule is C=CCN(C(=O)CNC(=O)OC(C)(C)C)C(C(=O)NC(C)C)c1ccccc1. The highest BCUT2D eigenvalue weighted by Crippen LogP contribution is 2.21. The zero-order valence-corrected chi connectivity index (χ0v) is 17.3. The maximum atomic E-state index is 12.8. The first-order chi connectivity index (χ1) is 13.0. The lowest BCUT2D eigenvalue weighted by Gasteiger charge is -2.31. The summed E-state index contributed by atoms with van der Waals surface area (Å²) in [6.45, 7) is 12.5. The fourth-order valence-electron chi connectivity index (χ4n) is 2.53. The van der Waals surface area contributed by atoms with Crippen molar-refractivity contribution in [2.45, 2.75) is 52.3 Å². The maximum Gasteiger partial charge on any atom is 0.408 e. The van der Waals surface area contributed by atoms with Gasteiger partial charge in [0.2, 0.25) is 11.8 Å². The topological polar surface area (TPSA) is 87.7 Å². The van der Waals surface area contributed by atoms with E-state index in [0.29, 0.717) is 5.56 Å². The molecule has 1 rings (SSSR count). The lowest BCUT2D eigenvalue weighted by Crippen LogP contribution is -2.48. The fourth-order valence-corrected chi connectivity index (χ4v) is 2.53. The molecule has 0 spiro atoms. The number of alkyl carbamates (subject to hydrolysis) is 1. The zero-order valence-electron chi connectivity index (χ0n) is 17.3. The Morgan fingerprint density at radius 3 is 2.29 bits per heavy atom. The number of rotatable bonds is 8. The van der Waals surface area contributed by atoms with Gasteiger partial charge in [-0.05, 0) is 40.2 Å². The van der Waals surface area contributed by atoms with Crippen LogP contribution in [0.15, 0.2) is 43.0 Å². The van der Waals surface area contributed by atoms with Crippen LogP contribution in [-0.2, 0) is 14.3 Å². The third-order valence-corrected chi connectivity index (χ3v) is 3.54. The van der Waals surface area contributed by atoms with E-state index in [2.05, 4.69) is 17.2 Å². The highest BCUT2D eigenvalue weighted by molar-refractivity contribution is 5.90. The highest BCUT2D eigenvalue weighted by atomic mass is 16.6. The number of ether oxygens (including phenoxy) is 1. The van der Waals surface area contributed by atoms with E-state index in [0.717, 1.165) is 0 Å². The first-order valence-corrected chi connectivity index (χ1v) is 9.27. The van der Waals surface area contributed by atoms with Crippen LogP contribution in [0.4, 0.5) is 4.79 Å². The van der Waals surface area contributed by atoms with Crippen molar-refractivity contribution >= 4 is 17.9 Å². The molecule has 2 N–H and O–H groups in total. The number of benzene rings is 1. The highest BCUT2D eigenvalue weighted by Gasteiger charge is 2.31. The molecule has 7 nitrogen and oxygen atoms in total. The van der Waals surface area contributed by atoms with E-state index in [1.54, 1.807) is 51.1 Å². The molecule has 0 aromatic heterocycles. The second-order valence-corrected chi connectivity index (χ2v) is 7.67. The predicted octanol–water partition coefficient (Wildman–Crippen LogP) is 2.79. The number of carbonyl (C=O) groups excluding carboxylic acids is 3. The molecule has 154 valence electrons. The largest absolute Gasteiger partial charge is 0.444 e. The van der Waals surface area contributed by atoms with Crippen molar-refractivity contribution in [3.8, 4) is 0 Å². The van der Waals surface area contributed by atoms with Crippen LogP contribution in [0, 0.1) is 0 Å². The number of hydrogen-bond acceptors (Lipinski definition) is 4. The molecule has 1 atom stereocenters. The average Bonchev–Trinajstić information content (AvgIpc) is 2.58. The van der Waals surface area contributed by atoms with Crippen LogP contribution in [0.2, 0.25) is 0 Å². The van der Waals surface area contributed by atoms with Crippen LogP contribution in [0.1, 0.15) is 46.2 Å². The van der Waals surface area contributed by atoms with Crippen molar-refractivity contribution < 1.29 is 19.1 Å². The normalized spacial score (nSPS) is 12.1. The van der Waals surface area contributed by atoms with Gasteiger partial charge >= 0.3 is 6.09 Å². The summed E-state index contributed by atoms with van der Waals surface area (Å²) in [7, 11) is 0. The fraction of sp³-hybridized carbons (Fsp3) is 0.476. The summed E-state index contributed by atoms with van der Waals surface area (Å²) in [5, 5.41) is 5.30. The molecular formula is C21H31N3O4. The van der Waals surface area contributed by atoms with Gasteiger partial charge in [0, 0.05) is 12.6 Å². The van der Waals surface area contributed by atoms with Crippen LogP contribution in [0.3, 0.4) is 0 Å². The average molecular weight is 389 g/mol. The predicted molar refractivity (Wildman–Crippen MR) is 109 cm³/mol. The third-order valence-electron chi connectivity index (χ3n) is 3.54. The van der Waals surface area contributed by atoms with Crippen molar-refractivity contribution in [2.75, 3.05) is 13.1 Å². The quantitative estimate of drug-likeness (QED) is 0.669. The second-order valence-electron chi connectivity index (χ2n) is 7.67. The number of carbonyl (C=O) groups is 3. The summed E-state index contributed by atoms with van der Waals surface area (Å²) in [4.78, 5) is 38.9. The smallest absolute Gasteiger partial charge is 0.408 e. The van der Waals surface area contributed by atoms with E-state index in [-0.39, 0.29) is 25.0 Å². The Labute approximate surface area is 167 Å². The lowest BCUT2D eigenvalue weighted by molar-refractivity contribution is -0.139. The molecule has 0 saturated heterocycles. The molecule has 1 aromatic carbocycles. The summed E-state index contributed by atoms with van der Waals surface area (Å²) in [5.74, 6) is -0.716. The van der Waals surface area contributed by atoms with Gasteiger partial charge in [-0.3, -0.25) is 9.59 Å². The standard InChI is InChI=1S/C21H31N3O4/c1-7-13-24(17(25)14-22-20(27)28-21(4,5)6)18(19(26)23-15(2)3)16-11-9-8-10-12-16/h7-12,15,18H,1,13-14H2,2-6H3,(H,22,27)(H,23,26). The van der Waals surface area contributed by atoms with Crippen LogP contribution in [0.25, 0.3) is 0 Å². The lowest BCUT2D eigenvalue weighted by atomic mass is 10.0. The van der Waals surface area contributed by atoms with Crippen LogP contribution >= 0.6 is 0 Å². The van der Waals surface area contributed by atoms with Gasteiger partial charge in [0.15, 0.2) is 0 Å². The van der Waals surface area contributed by atoms with Gasteiger partial charge in [-0.25, -0.2) is 4.79 Å². The summed E-state index contributed by atoms with van der Waals surface area (Å²) in [6, 6.07) is 8.10. The Balaban J connectivity index is 3.03. The third kappa shape index (κ3) is 7.82. The molecule has 0 bridgehead atoms. The van der Waals surface area contributed by atoms with Crippen molar-refractivity contribution in [1.82, 2.24) is 15.5 Å². The van der Waals surface area contributed by atoms with Gasteiger partial charge in [0.25, 0.3) is 0 Å². The maximum absolute atomic E-state index is 12.8. The van der Waals surface area contributed by atoms with Crippen LogP contribution in [-0.4, -0.2) is 47.5 Å². The minimum Gasteiger partial charge on any atom is -0.444 e. The monoisotopic (exact) mass is 389 g/mol. The van der Waals surface area contributed by atoms with E-state index in [9.17, 15) is 14.4 Å². The number of nitrogens with one attached hydrogen (secondary N) is 2. The van der Waals surface area contributed by atoms with Gasteiger partial charge in [-0.2, -0.15) is 0 Å². The summed E-state index contributed by atoms with van der Waals surface area (Å²) in [5.41, 5.74) is 0.00519. The molecule has 0 aliphatic heterocycles. The van der Waals surface area contributed by atoms with E-state index < -0.39 is 23.6 Å². The van der Waals surface area contributed by atoms with E-state index in [1.807, 2.05) is 19.9 Å². The van der Waals surface area contributed by atoms with Crippen molar-refractivity contribution in [2.24, 2.45) is 0 Å². The van der Waals surface area contributed by atoms with E-state index in [1.165, 1.54) is 4.90 Å². The van der Waals surface area contributed by atoms with Gasteiger partial charge in [-0.1, -0.05) is 36.4 Å². The Morgan fingerprint density at radius 1 is 1.18 bits per heavy atom. The zero-order chi connectivity index (χ0) is 21.3. The van der Waals surface area contributed by atoms with Gasteiger partial charge < -0.3 is 20.3 Å². The molecule has 0 fully saturated rings. The molecule has 7 heteroatoms. The van der Waals surface area contributed by atoms with Crippen LogP contribution < -0.4 is 10.6 Å². The van der Waals surface area contributed by atoms with Crippen molar-refractivity contribution in [1.29, 1.82) is 0 Å². The molecule has 0 aliphatic carbocycles. The number of nitrogens with zero attached hydrogens (tertiary/aromatic N) is 1. The van der Waals surface area contributed by atoms with E-state index in [4.69, 9.17) is 4.74 Å². The minimum absolute atomic E-state index is 0.0840. The molecule has 0 radical (unpaired) electrons. The molecule has 0 saturated carbocycles. The number of hydrogen-bond donors (Lipinski definition) is 2. The second kappa shape index (κ2) is 10.5. The Hall–Kier alpha value is -2.83. The molecule has 1 unspecified atom stereocenters. The molecule has 3 amide bonds. The molecular weight excluding hydrogens is 358 g/mol. The molecule has 0 aliphatic rings. The van der Waals surface area contributed by atoms with Crippen molar-refractivity contribution in [3.63, 3.8) is 0 Å². The van der Waals surface area contributed by atoms with E-state index >= 15 is 0 Å². The summed E-state index contributed by atoms with van der Waals surface area (Å²) >= 11 is 0. The Bertz CT molecular complexity index is 681. The minimum atomic E-state index is -0.838.